The molecule has 0 saturated heterocycles. The van der Waals surface area contributed by atoms with Gasteiger partial charge in [-0.05, 0) is 19.4 Å². The van der Waals surface area contributed by atoms with E-state index >= 15 is 0 Å². The maximum atomic E-state index is 8.63. The van der Waals surface area contributed by atoms with E-state index in [9.17, 15) is 0 Å². The van der Waals surface area contributed by atoms with Gasteiger partial charge in [-0.15, -0.1) is 0 Å². The molecule has 3 nitrogen and oxygen atoms in total. The van der Waals surface area contributed by atoms with E-state index in [-0.39, 0.29) is 6.04 Å². The van der Waals surface area contributed by atoms with E-state index in [0.717, 1.165) is 11.3 Å². The van der Waals surface area contributed by atoms with Crippen molar-refractivity contribution in [1.29, 1.82) is 5.26 Å². The Morgan fingerprint density at radius 2 is 2.58 bits per heavy atom. The Bertz CT molecular complexity index is 291. The molecule has 0 N–H and O–H groups in total. The lowest BCUT2D eigenvalue weighted by atomic mass is 10.0. The van der Waals surface area contributed by atoms with Gasteiger partial charge in [-0.1, -0.05) is 6.08 Å². The zero-order valence-electron chi connectivity index (χ0n) is 7.28. The fourth-order valence-corrected chi connectivity index (χ4v) is 0.980. The van der Waals surface area contributed by atoms with E-state index in [1.54, 1.807) is 0 Å². The largest absolute Gasteiger partial charge is 0.255 e. The summed E-state index contributed by atoms with van der Waals surface area (Å²) in [5.74, 6) is 0. The minimum atomic E-state index is -0.243. The van der Waals surface area contributed by atoms with Crippen LogP contribution in [-0.4, -0.2) is 18.1 Å². The third kappa shape index (κ3) is 1.79. The summed E-state index contributed by atoms with van der Waals surface area (Å²) in [6.45, 7) is 3.96. The molecule has 0 aromatic rings. The van der Waals surface area contributed by atoms with Crippen LogP contribution in [0.15, 0.2) is 21.6 Å². The Morgan fingerprint density at radius 3 is 3.17 bits per heavy atom. The molecule has 0 saturated carbocycles. The minimum Gasteiger partial charge on any atom is -0.255 e. The average molecular weight is 161 g/mol. The number of nitriles is 1. The molecular weight excluding hydrogens is 150 g/mol. The normalized spacial score (nSPS) is 23.2. The second-order valence-electron chi connectivity index (χ2n) is 2.66. The van der Waals surface area contributed by atoms with Crippen LogP contribution in [0.25, 0.3) is 0 Å². The van der Waals surface area contributed by atoms with Gasteiger partial charge in [-0.2, -0.15) is 5.26 Å². The predicted octanol–water partition coefficient (Wildman–Crippen LogP) is 1.72. The van der Waals surface area contributed by atoms with E-state index in [1.807, 2.05) is 19.9 Å². The van der Waals surface area contributed by atoms with Crippen molar-refractivity contribution in [1.82, 2.24) is 0 Å². The van der Waals surface area contributed by atoms with Crippen molar-refractivity contribution < 1.29 is 0 Å². The van der Waals surface area contributed by atoms with E-state index in [2.05, 4.69) is 16.1 Å². The molecule has 1 heterocycles. The highest BCUT2D eigenvalue weighted by atomic mass is 14.9. The summed E-state index contributed by atoms with van der Waals surface area (Å²) in [5.41, 5.74) is 2.10. The van der Waals surface area contributed by atoms with Crippen LogP contribution in [0.1, 0.15) is 20.3 Å². The van der Waals surface area contributed by atoms with Crippen LogP contribution in [0.3, 0.4) is 0 Å². The number of hydrogen-bond acceptors (Lipinski definition) is 3. The lowest BCUT2D eigenvalue weighted by molar-refractivity contribution is 0.864. The summed E-state index contributed by atoms with van der Waals surface area (Å²) in [6, 6.07) is 1.86. The van der Waals surface area contributed by atoms with Gasteiger partial charge in [0.2, 0.25) is 0 Å². The van der Waals surface area contributed by atoms with Crippen LogP contribution in [-0.2, 0) is 0 Å². The molecule has 0 radical (unpaired) electrons. The quantitative estimate of drug-likeness (QED) is 0.577. The minimum absolute atomic E-state index is 0.243. The molecule has 0 fully saturated rings. The number of rotatable bonds is 1. The number of allylic oxidation sites excluding steroid dienone is 2. The van der Waals surface area contributed by atoms with Gasteiger partial charge in [-0.3, -0.25) is 4.99 Å². The third-order valence-corrected chi connectivity index (χ3v) is 1.88. The summed E-state index contributed by atoms with van der Waals surface area (Å²) >= 11 is 0. The number of nitrogens with zero attached hydrogens (tertiary/aromatic N) is 3. The molecular formula is C9H11N3. The zero-order chi connectivity index (χ0) is 8.97. The number of aliphatic imine (C=N–C) groups is 2. The van der Waals surface area contributed by atoms with E-state index in [1.165, 1.54) is 6.34 Å². The molecule has 0 aromatic carbocycles. The first-order valence-corrected chi connectivity index (χ1v) is 3.89. The predicted molar refractivity (Wildman–Crippen MR) is 49.4 cm³/mol. The zero-order valence-corrected chi connectivity index (χ0v) is 7.28. The molecule has 12 heavy (non-hydrogen) atoms. The second-order valence-corrected chi connectivity index (χ2v) is 2.66. The topological polar surface area (TPSA) is 48.5 Å². The van der Waals surface area contributed by atoms with Gasteiger partial charge in [0.1, 0.15) is 12.4 Å². The summed E-state index contributed by atoms with van der Waals surface area (Å²) in [5, 5.41) is 8.63. The molecule has 0 bridgehead atoms. The highest BCUT2D eigenvalue weighted by Gasteiger charge is 2.13. The van der Waals surface area contributed by atoms with Crippen LogP contribution in [0.2, 0.25) is 0 Å². The fourth-order valence-electron chi connectivity index (χ4n) is 0.980. The second kappa shape index (κ2) is 3.82. The molecule has 0 aliphatic carbocycles. The highest BCUT2D eigenvalue weighted by molar-refractivity contribution is 6.04. The Morgan fingerprint density at radius 1 is 1.83 bits per heavy atom. The van der Waals surface area contributed by atoms with Crippen molar-refractivity contribution >= 4 is 12.1 Å². The van der Waals surface area contributed by atoms with Crippen molar-refractivity contribution in [3.8, 4) is 6.07 Å². The van der Waals surface area contributed by atoms with Gasteiger partial charge in [0.05, 0.1) is 6.07 Å². The first-order chi connectivity index (χ1) is 5.77. The summed E-state index contributed by atoms with van der Waals surface area (Å²) in [4.78, 5) is 8.02. The van der Waals surface area contributed by atoms with Crippen molar-refractivity contribution in [3.63, 3.8) is 0 Å². The van der Waals surface area contributed by atoms with Crippen molar-refractivity contribution in [2.45, 2.75) is 26.3 Å². The van der Waals surface area contributed by atoms with E-state index in [4.69, 9.17) is 5.26 Å². The first kappa shape index (κ1) is 8.66. The first-order valence-electron chi connectivity index (χ1n) is 3.89. The van der Waals surface area contributed by atoms with Crippen LogP contribution in [0, 0.1) is 11.3 Å². The van der Waals surface area contributed by atoms with Crippen molar-refractivity contribution in [2.24, 2.45) is 9.98 Å². The van der Waals surface area contributed by atoms with Crippen LogP contribution >= 0.6 is 0 Å². The van der Waals surface area contributed by atoms with Gasteiger partial charge in [0.25, 0.3) is 0 Å². The molecule has 1 unspecified atom stereocenters. The summed E-state index contributed by atoms with van der Waals surface area (Å²) in [7, 11) is 0. The molecule has 3 heteroatoms. The lowest BCUT2D eigenvalue weighted by Crippen LogP contribution is -2.15. The molecule has 0 aromatic heterocycles. The maximum absolute atomic E-state index is 8.63. The smallest absolute Gasteiger partial charge is 0.143 e. The molecule has 0 spiro atoms. The van der Waals surface area contributed by atoms with Gasteiger partial charge < -0.3 is 0 Å². The Kier molecular flexibility index (Phi) is 2.76. The summed E-state index contributed by atoms with van der Waals surface area (Å²) < 4.78 is 0. The van der Waals surface area contributed by atoms with E-state index < -0.39 is 0 Å². The van der Waals surface area contributed by atoms with Crippen LogP contribution in [0.4, 0.5) is 0 Å². The Balaban J connectivity index is 2.78. The molecule has 1 rings (SSSR count). The van der Waals surface area contributed by atoms with Gasteiger partial charge in [-0.25, -0.2) is 4.99 Å². The Labute approximate surface area is 72.1 Å². The summed E-state index contributed by atoms with van der Waals surface area (Å²) in [6.07, 6.45) is 4.11. The molecule has 1 aliphatic heterocycles. The van der Waals surface area contributed by atoms with Gasteiger partial charge >= 0.3 is 0 Å². The highest BCUT2D eigenvalue weighted by Crippen LogP contribution is 2.09. The monoisotopic (exact) mass is 161 g/mol. The third-order valence-electron chi connectivity index (χ3n) is 1.88. The molecule has 0 amide bonds. The lowest BCUT2D eigenvalue weighted by Gasteiger charge is -2.10. The number of hydrogen-bond donors (Lipinski definition) is 0. The maximum Gasteiger partial charge on any atom is 0.143 e. The van der Waals surface area contributed by atoms with Gasteiger partial charge in [0, 0.05) is 12.1 Å². The average Bonchev–Trinajstić information content (AvgIpc) is 2.17. The standard InChI is InChI=1S/C9H11N3/c1-3-7(2)9-4-8(5-10)11-6-12-9/h3,6,8H,4H2,1-2H3/b7-3+. The van der Waals surface area contributed by atoms with Crippen LogP contribution < -0.4 is 0 Å². The fraction of sp³-hybridized carbons (Fsp3) is 0.444. The Hall–Kier alpha value is -1.43. The molecule has 62 valence electrons. The van der Waals surface area contributed by atoms with Crippen LogP contribution in [0.5, 0.6) is 0 Å². The van der Waals surface area contributed by atoms with Gasteiger partial charge in [0.15, 0.2) is 0 Å². The molecule has 1 aliphatic rings. The van der Waals surface area contributed by atoms with E-state index in [0.29, 0.717) is 6.42 Å². The van der Waals surface area contributed by atoms with Crippen molar-refractivity contribution in [3.05, 3.63) is 11.6 Å². The SMILES string of the molecule is C/C=C(\C)C1=NC=NC(C#N)C1. The molecule has 1 atom stereocenters. The van der Waals surface area contributed by atoms with Crippen molar-refractivity contribution in [2.75, 3.05) is 0 Å².